The van der Waals surface area contributed by atoms with Gasteiger partial charge in [0.25, 0.3) is 5.91 Å². The average molecular weight is 608 g/mol. The summed E-state index contributed by atoms with van der Waals surface area (Å²) in [6.07, 6.45) is 4.87. The van der Waals surface area contributed by atoms with Crippen LogP contribution in [0, 0.1) is 13.8 Å². The summed E-state index contributed by atoms with van der Waals surface area (Å²) in [5, 5.41) is 13.9. The van der Waals surface area contributed by atoms with E-state index in [1.54, 1.807) is 32.2 Å². The number of carbonyl (C=O) groups excluding carboxylic acids is 2. The van der Waals surface area contributed by atoms with Crippen LogP contribution < -0.4 is 21.5 Å². The molecule has 1 heterocycles. The second-order valence-corrected chi connectivity index (χ2v) is 10.9. The lowest BCUT2D eigenvalue weighted by atomic mass is 9.99. The normalized spacial score (nSPS) is 11.2. The number of hydrogen-bond donors (Lipinski definition) is 4. The summed E-state index contributed by atoms with van der Waals surface area (Å²) in [6.45, 7) is 18.4. The van der Waals surface area contributed by atoms with Gasteiger partial charge in [-0.05, 0) is 102 Å². The third-order valence-electron chi connectivity index (χ3n) is 6.53. The predicted molar refractivity (Wildman–Crippen MR) is 179 cm³/mol. The number of halogens is 1. The number of nitrogens with one attached hydrogen (secondary N) is 2. The fourth-order valence-corrected chi connectivity index (χ4v) is 3.98. The van der Waals surface area contributed by atoms with Crippen molar-refractivity contribution in [3.05, 3.63) is 112 Å². The molecule has 0 aliphatic rings. The molecule has 0 spiro atoms. The number of nitrogens with zero attached hydrogens (tertiary/aromatic N) is 2. The van der Waals surface area contributed by atoms with E-state index in [1.165, 1.54) is 22.8 Å². The molecule has 43 heavy (non-hydrogen) atoms. The molecule has 0 bridgehead atoms. The van der Waals surface area contributed by atoms with Crippen molar-refractivity contribution in [2.24, 2.45) is 5.73 Å². The number of amides is 1. The highest BCUT2D eigenvalue weighted by Gasteiger charge is 2.13. The van der Waals surface area contributed by atoms with E-state index in [2.05, 4.69) is 85.3 Å². The molecule has 0 aliphatic heterocycles. The van der Waals surface area contributed by atoms with Gasteiger partial charge in [-0.25, -0.2) is 10.4 Å². The van der Waals surface area contributed by atoms with Gasteiger partial charge in [0, 0.05) is 30.7 Å². The van der Waals surface area contributed by atoms with Crippen LogP contribution in [0.1, 0.15) is 61.2 Å². The summed E-state index contributed by atoms with van der Waals surface area (Å²) < 4.78 is 0. The third kappa shape index (κ3) is 12.9. The Bertz CT molecular complexity index is 1350. The predicted octanol–water partition coefficient (Wildman–Crippen LogP) is 6.56. The molecule has 0 saturated heterocycles. The maximum Gasteiger partial charge on any atom is 0.258 e. The van der Waals surface area contributed by atoms with Crippen molar-refractivity contribution in [2.45, 2.75) is 60.0 Å². The first-order chi connectivity index (χ1) is 20.4. The first kappa shape index (κ1) is 37.2. The molecule has 0 fully saturated rings. The van der Waals surface area contributed by atoms with E-state index in [-0.39, 0.29) is 11.1 Å². The van der Waals surface area contributed by atoms with E-state index in [1.807, 2.05) is 18.9 Å². The first-order valence-corrected chi connectivity index (χ1v) is 14.4. The van der Waals surface area contributed by atoms with E-state index in [9.17, 15) is 4.79 Å². The van der Waals surface area contributed by atoms with Crippen LogP contribution in [-0.2, 0) is 11.2 Å². The van der Waals surface area contributed by atoms with Crippen molar-refractivity contribution in [1.82, 2.24) is 10.4 Å². The van der Waals surface area contributed by atoms with Crippen LogP contribution in [0.25, 0.3) is 0 Å². The minimum Gasteiger partial charge on any atom is -0.386 e. The lowest BCUT2D eigenvalue weighted by Gasteiger charge is -2.28. The zero-order valence-electron chi connectivity index (χ0n) is 26.2. The van der Waals surface area contributed by atoms with E-state index in [0.29, 0.717) is 18.7 Å². The summed E-state index contributed by atoms with van der Waals surface area (Å²) in [5.41, 5.74) is 16.7. The van der Waals surface area contributed by atoms with Crippen LogP contribution in [0.15, 0.2) is 84.7 Å². The lowest BCUT2D eigenvalue weighted by Crippen LogP contribution is -2.40. The van der Waals surface area contributed by atoms with Gasteiger partial charge in [-0.2, -0.15) is 0 Å². The van der Waals surface area contributed by atoms with E-state index >= 15 is 0 Å². The van der Waals surface area contributed by atoms with Crippen molar-refractivity contribution in [2.75, 3.05) is 23.4 Å². The van der Waals surface area contributed by atoms with Gasteiger partial charge >= 0.3 is 0 Å². The van der Waals surface area contributed by atoms with E-state index in [4.69, 9.17) is 27.2 Å². The molecule has 0 unspecified atom stereocenters. The van der Waals surface area contributed by atoms with Crippen LogP contribution in [0.4, 0.5) is 11.4 Å². The van der Waals surface area contributed by atoms with E-state index < -0.39 is 5.60 Å². The van der Waals surface area contributed by atoms with Gasteiger partial charge in [-0.3, -0.25) is 9.80 Å². The maximum absolute atomic E-state index is 12.5. The maximum atomic E-state index is 12.5. The summed E-state index contributed by atoms with van der Waals surface area (Å²) in [5.74, 6) is -0.272. The zero-order valence-corrected chi connectivity index (χ0v) is 27.0. The molecule has 0 atom stereocenters. The highest BCUT2D eigenvalue weighted by Crippen LogP contribution is 2.24. The van der Waals surface area contributed by atoms with Gasteiger partial charge in [-0.15, -0.1) is 6.58 Å². The average Bonchev–Trinajstić information content (AvgIpc) is 2.98. The number of hydrazine groups is 1. The minimum absolute atomic E-state index is 0.191. The first-order valence-electron chi connectivity index (χ1n) is 14.0. The fraction of sp³-hybridized carbons (Fsp3) is 0.324. The second-order valence-electron chi connectivity index (χ2n) is 10.5. The van der Waals surface area contributed by atoms with Gasteiger partial charge in [0.05, 0.1) is 16.9 Å². The highest BCUT2D eigenvalue weighted by molar-refractivity contribution is 6.33. The Morgan fingerprint density at radius 2 is 1.74 bits per heavy atom. The number of benzene rings is 2. The van der Waals surface area contributed by atoms with Gasteiger partial charge in [0.2, 0.25) is 0 Å². The Labute approximate surface area is 261 Å². The number of anilines is 2. The number of aryl methyl sites for hydroxylation is 3. The standard InChI is InChI=1S/C28H34ClN5O.C5H10O.CH2O/c1-19-7-13-25(14-8-19)34(32-17-15-30)22(4)20(2)9-10-23-11-12-24(18-21(23)3)33-28(35)26-6-5-16-31-27(26)29;1-4-5(2,3)6;1-2/h5-8,11-14,16,18,32H,9-10,15,17,30H2,1-4H3,(H,33,35);4,6H,1H2,2-3H3;1H2/b22-20+;;. The van der Waals surface area contributed by atoms with Crippen LogP contribution >= 0.6 is 11.6 Å². The fourth-order valence-electron chi connectivity index (χ4n) is 3.78. The Balaban J connectivity index is 0.00000103. The molecule has 0 saturated carbocycles. The monoisotopic (exact) mass is 607 g/mol. The molecule has 1 aromatic heterocycles. The number of aromatic nitrogens is 1. The molecule has 0 aliphatic carbocycles. The van der Waals surface area contributed by atoms with Crippen molar-refractivity contribution < 1.29 is 14.7 Å². The number of allylic oxidation sites excluding steroid dienone is 2. The Hall–Kier alpha value is -3.82. The summed E-state index contributed by atoms with van der Waals surface area (Å²) in [7, 11) is 0. The number of pyridine rings is 1. The Kier molecular flexibility index (Phi) is 16.1. The zero-order chi connectivity index (χ0) is 32.6. The van der Waals surface area contributed by atoms with Crippen LogP contribution in [-0.4, -0.2) is 41.5 Å². The van der Waals surface area contributed by atoms with Crippen LogP contribution in [0.2, 0.25) is 5.15 Å². The molecule has 5 N–H and O–H groups in total. The Morgan fingerprint density at radius 1 is 1.12 bits per heavy atom. The quantitative estimate of drug-likeness (QED) is 0.111. The van der Waals surface area contributed by atoms with E-state index in [0.717, 1.165) is 35.5 Å². The van der Waals surface area contributed by atoms with Crippen LogP contribution in [0.5, 0.6) is 0 Å². The van der Waals surface area contributed by atoms with Crippen molar-refractivity contribution in [3.63, 3.8) is 0 Å². The molecular weight excluding hydrogens is 562 g/mol. The molecule has 3 aromatic rings. The second kappa shape index (κ2) is 18.7. The summed E-state index contributed by atoms with van der Waals surface area (Å²) in [4.78, 5) is 24.5. The molecule has 8 nitrogen and oxygen atoms in total. The molecule has 3 rings (SSSR count). The summed E-state index contributed by atoms with van der Waals surface area (Å²) >= 11 is 6.04. The topological polar surface area (TPSA) is 121 Å². The molecule has 2 aromatic carbocycles. The highest BCUT2D eigenvalue weighted by atomic mass is 35.5. The van der Waals surface area contributed by atoms with Crippen molar-refractivity contribution in [1.29, 1.82) is 0 Å². The van der Waals surface area contributed by atoms with Gasteiger partial charge < -0.3 is 21.0 Å². The number of nitrogens with two attached hydrogens (primary N) is 1. The largest absolute Gasteiger partial charge is 0.386 e. The minimum atomic E-state index is -0.694. The van der Waals surface area contributed by atoms with Crippen molar-refractivity contribution >= 4 is 35.7 Å². The Morgan fingerprint density at radius 3 is 2.28 bits per heavy atom. The number of hydrogen-bond acceptors (Lipinski definition) is 7. The van der Waals surface area contributed by atoms with Gasteiger partial charge in [-0.1, -0.05) is 47.0 Å². The number of carbonyl (C=O) groups is 2. The SMILES string of the molecule is C/C(CCc1ccc(NC(=O)c2cccnc2Cl)cc1C)=C(/C)N(NCCN)c1ccc(C)cc1.C=CC(C)(C)O.C=O. The summed E-state index contributed by atoms with van der Waals surface area (Å²) in [6, 6.07) is 17.8. The molecule has 9 heteroatoms. The third-order valence-corrected chi connectivity index (χ3v) is 6.83. The smallest absolute Gasteiger partial charge is 0.258 e. The molecule has 232 valence electrons. The molecule has 1 amide bonds. The molecular formula is C34H46ClN5O3. The van der Waals surface area contributed by atoms with Crippen molar-refractivity contribution in [3.8, 4) is 0 Å². The van der Waals surface area contributed by atoms with Gasteiger partial charge in [0.15, 0.2) is 0 Å². The molecule has 0 radical (unpaired) electrons. The van der Waals surface area contributed by atoms with Gasteiger partial charge in [0.1, 0.15) is 11.9 Å². The lowest BCUT2D eigenvalue weighted by molar-refractivity contribution is -0.0980. The number of rotatable bonds is 11. The van der Waals surface area contributed by atoms with Crippen LogP contribution in [0.3, 0.4) is 0 Å². The number of aliphatic hydroxyl groups is 1.